The smallest absolute Gasteiger partial charge is 0.254 e. The lowest BCUT2D eigenvalue weighted by atomic mass is 10.0. The predicted molar refractivity (Wildman–Crippen MR) is 177 cm³/mol. The number of imidazole rings is 1. The number of nitrogens with zero attached hydrogens (tertiary/aromatic N) is 5. The van der Waals surface area contributed by atoms with Crippen molar-refractivity contribution in [2.45, 2.75) is 31.7 Å². The van der Waals surface area contributed by atoms with Gasteiger partial charge in [-0.05, 0) is 37.1 Å². The van der Waals surface area contributed by atoms with Crippen LogP contribution in [0.3, 0.4) is 0 Å². The number of aromatic amines is 1. The molecule has 4 heterocycles. The Balaban J connectivity index is 0.939. The number of amides is 2. The first-order chi connectivity index (χ1) is 22.1. The largest absolute Gasteiger partial charge is 0.343 e. The van der Waals surface area contributed by atoms with Gasteiger partial charge in [-0.15, -0.1) is 0 Å². The summed E-state index contributed by atoms with van der Waals surface area (Å²) in [5, 5.41) is 0. The standard InChI is InChI=1S/C37H38N6O2/c44-36(16-15-35-39-31-13-7-8-14-32(31)40-35)42-19-17-30(18-20-42)41-21-23-43(24-22-41)37(45)29-25-33(27-9-3-1-4-10-27)38-34(26-29)28-11-5-2-6-12-28/h1-14,25-26,30H,15-24H2,(H,39,40). The van der Waals surface area contributed by atoms with Crippen molar-refractivity contribution in [2.75, 3.05) is 39.3 Å². The van der Waals surface area contributed by atoms with Gasteiger partial charge in [0.15, 0.2) is 0 Å². The van der Waals surface area contributed by atoms with E-state index >= 15 is 0 Å². The first-order valence-electron chi connectivity index (χ1n) is 16.0. The van der Waals surface area contributed by atoms with E-state index in [2.05, 4.69) is 14.9 Å². The van der Waals surface area contributed by atoms with Crippen molar-refractivity contribution in [2.24, 2.45) is 0 Å². The Bertz CT molecular complexity index is 1680. The van der Waals surface area contributed by atoms with Gasteiger partial charge in [0.25, 0.3) is 5.91 Å². The third-order valence-electron chi connectivity index (χ3n) is 9.16. The molecular formula is C37H38N6O2. The number of hydrogen-bond acceptors (Lipinski definition) is 5. The Labute approximate surface area is 263 Å². The summed E-state index contributed by atoms with van der Waals surface area (Å²) in [7, 11) is 0. The van der Waals surface area contributed by atoms with Crippen molar-refractivity contribution < 1.29 is 9.59 Å². The molecule has 45 heavy (non-hydrogen) atoms. The Kier molecular flexibility index (Phi) is 8.38. The third-order valence-corrected chi connectivity index (χ3v) is 9.16. The van der Waals surface area contributed by atoms with Gasteiger partial charge in [0, 0.05) is 74.8 Å². The molecule has 7 rings (SSSR count). The molecule has 2 aromatic heterocycles. The lowest BCUT2D eigenvalue weighted by molar-refractivity contribution is -0.132. The number of nitrogens with one attached hydrogen (secondary N) is 1. The summed E-state index contributed by atoms with van der Waals surface area (Å²) >= 11 is 0. The molecule has 0 saturated carbocycles. The minimum atomic E-state index is 0.0521. The molecule has 2 amide bonds. The number of hydrogen-bond donors (Lipinski definition) is 1. The van der Waals surface area contributed by atoms with Crippen molar-refractivity contribution in [1.82, 2.24) is 29.7 Å². The number of fused-ring (bicyclic) bond motifs is 1. The average Bonchev–Trinajstić information content (AvgIpc) is 3.54. The maximum absolute atomic E-state index is 13.8. The first-order valence-corrected chi connectivity index (χ1v) is 16.0. The lowest BCUT2D eigenvalue weighted by Gasteiger charge is -2.42. The summed E-state index contributed by atoms with van der Waals surface area (Å²) in [6.07, 6.45) is 3.03. The van der Waals surface area contributed by atoms with Gasteiger partial charge in [-0.25, -0.2) is 9.97 Å². The van der Waals surface area contributed by atoms with E-state index in [-0.39, 0.29) is 11.8 Å². The highest BCUT2D eigenvalue weighted by atomic mass is 16.2. The van der Waals surface area contributed by atoms with Gasteiger partial charge >= 0.3 is 0 Å². The normalized spacial score (nSPS) is 16.3. The molecule has 0 radical (unpaired) electrons. The number of carbonyl (C=O) groups excluding carboxylic acids is 2. The first kappa shape index (κ1) is 28.9. The van der Waals surface area contributed by atoms with Crippen LogP contribution < -0.4 is 0 Å². The van der Waals surface area contributed by atoms with Gasteiger partial charge in [0.05, 0.1) is 22.4 Å². The second kappa shape index (κ2) is 13.0. The summed E-state index contributed by atoms with van der Waals surface area (Å²) in [5.74, 6) is 1.12. The molecule has 2 aliphatic rings. The van der Waals surface area contributed by atoms with Crippen LogP contribution in [0.1, 0.15) is 35.4 Å². The molecule has 8 nitrogen and oxygen atoms in total. The van der Waals surface area contributed by atoms with Crippen LogP contribution in [0, 0.1) is 0 Å². The summed E-state index contributed by atoms with van der Waals surface area (Å²) < 4.78 is 0. The third kappa shape index (κ3) is 6.51. The zero-order valence-corrected chi connectivity index (χ0v) is 25.4. The van der Waals surface area contributed by atoms with Crippen molar-refractivity contribution in [3.05, 3.63) is 108 Å². The highest BCUT2D eigenvalue weighted by molar-refractivity contribution is 5.96. The summed E-state index contributed by atoms with van der Waals surface area (Å²) in [4.78, 5) is 46.1. The highest BCUT2D eigenvalue weighted by Gasteiger charge is 2.30. The molecule has 0 unspecified atom stereocenters. The molecule has 5 aromatic rings. The van der Waals surface area contributed by atoms with Crippen LogP contribution in [0.2, 0.25) is 0 Å². The second-order valence-electron chi connectivity index (χ2n) is 12.0. The molecule has 1 N–H and O–H groups in total. The molecule has 0 spiro atoms. The second-order valence-corrected chi connectivity index (χ2v) is 12.0. The quantitative estimate of drug-likeness (QED) is 0.261. The van der Waals surface area contributed by atoms with Crippen LogP contribution in [0.4, 0.5) is 0 Å². The van der Waals surface area contributed by atoms with Gasteiger partial charge < -0.3 is 14.8 Å². The van der Waals surface area contributed by atoms with Gasteiger partial charge in [-0.3, -0.25) is 14.5 Å². The van der Waals surface area contributed by atoms with E-state index in [9.17, 15) is 9.59 Å². The highest BCUT2D eigenvalue weighted by Crippen LogP contribution is 2.26. The van der Waals surface area contributed by atoms with Crippen LogP contribution >= 0.6 is 0 Å². The van der Waals surface area contributed by atoms with Gasteiger partial charge in [-0.1, -0.05) is 72.8 Å². The van der Waals surface area contributed by atoms with Crippen LogP contribution in [-0.4, -0.2) is 86.8 Å². The molecule has 0 atom stereocenters. The Hall–Kier alpha value is -4.82. The molecule has 8 heteroatoms. The minimum absolute atomic E-state index is 0.0521. The number of piperidine rings is 1. The fourth-order valence-corrected chi connectivity index (χ4v) is 6.63. The molecule has 2 aliphatic heterocycles. The van der Waals surface area contributed by atoms with E-state index in [4.69, 9.17) is 4.98 Å². The Morgan fingerprint density at radius 3 is 1.91 bits per heavy atom. The average molecular weight is 599 g/mol. The maximum Gasteiger partial charge on any atom is 0.254 e. The van der Waals surface area contributed by atoms with Gasteiger partial charge in [0.1, 0.15) is 5.82 Å². The number of aryl methyl sites for hydroxylation is 1. The maximum atomic E-state index is 13.8. The van der Waals surface area contributed by atoms with Crippen LogP contribution in [-0.2, 0) is 11.2 Å². The van der Waals surface area contributed by atoms with Crippen molar-refractivity contribution in [3.63, 3.8) is 0 Å². The number of rotatable bonds is 7. The molecule has 3 aromatic carbocycles. The number of carbonyl (C=O) groups is 2. The van der Waals surface area contributed by atoms with Crippen molar-refractivity contribution in [3.8, 4) is 22.5 Å². The van der Waals surface area contributed by atoms with E-state index < -0.39 is 0 Å². The zero-order valence-electron chi connectivity index (χ0n) is 25.4. The van der Waals surface area contributed by atoms with E-state index in [0.717, 1.165) is 78.4 Å². The number of aromatic nitrogens is 3. The van der Waals surface area contributed by atoms with E-state index in [1.165, 1.54) is 0 Å². The van der Waals surface area contributed by atoms with Crippen molar-refractivity contribution >= 4 is 22.8 Å². The van der Waals surface area contributed by atoms with Gasteiger partial charge in [0.2, 0.25) is 5.91 Å². The topological polar surface area (TPSA) is 85.4 Å². The summed E-state index contributed by atoms with van der Waals surface area (Å²) in [6.45, 7) is 4.64. The number of pyridine rings is 1. The molecule has 2 saturated heterocycles. The van der Waals surface area contributed by atoms with Crippen LogP contribution in [0.15, 0.2) is 97.1 Å². The van der Waals surface area contributed by atoms with E-state index in [1.54, 1.807) is 0 Å². The van der Waals surface area contributed by atoms with Crippen LogP contribution in [0.5, 0.6) is 0 Å². The van der Waals surface area contributed by atoms with Gasteiger partial charge in [-0.2, -0.15) is 0 Å². The molecular weight excluding hydrogens is 560 g/mol. The van der Waals surface area contributed by atoms with Crippen LogP contribution in [0.25, 0.3) is 33.5 Å². The summed E-state index contributed by atoms with van der Waals surface area (Å²) in [5.41, 5.74) is 6.22. The van der Waals surface area contributed by atoms with E-state index in [0.29, 0.717) is 37.5 Å². The SMILES string of the molecule is O=C(CCc1nc2ccccc2[nH]1)N1CCC(N2CCN(C(=O)c3cc(-c4ccccc4)nc(-c4ccccc4)c3)CC2)CC1. The number of piperazine rings is 1. The number of benzene rings is 3. The minimum Gasteiger partial charge on any atom is -0.343 e. The monoisotopic (exact) mass is 598 g/mol. The number of likely N-dealkylation sites (tertiary alicyclic amines) is 1. The van der Waals surface area contributed by atoms with Crippen molar-refractivity contribution in [1.29, 1.82) is 0 Å². The summed E-state index contributed by atoms with van der Waals surface area (Å²) in [6, 6.07) is 32.3. The fraction of sp³-hybridized carbons (Fsp3) is 0.297. The van der Waals surface area contributed by atoms with E-state index in [1.807, 2.05) is 107 Å². The predicted octanol–water partition coefficient (Wildman–Crippen LogP) is 5.67. The molecule has 0 bridgehead atoms. The zero-order chi connectivity index (χ0) is 30.6. The number of H-pyrrole nitrogens is 1. The molecule has 2 fully saturated rings. The molecule has 0 aliphatic carbocycles. The fourth-order valence-electron chi connectivity index (χ4n) is 6.63. The Morgan fingerprint density at radius 1 is 0.689 bits per heavy atom. The number of para-hydroxylation sites is 2. The Morgan fingerprint density at radius 2 is 1.29 bits per heavy atom. The lowest BCUT2D eigenvalue weighted by Crippen LogP contribution is -2.54. The molecule has 228 valence electrons.